The Hall–Kier alpha value is -1.42. The van der Waals surface area contributed by atoms with E-state index in [-0.39, 0.29) is 11.7 Å². The van der Waals surface area contributed by atoms with Crippen molar-refractivity contribution in [2.45, 2.75) is 61.7 Å². The predicted molar refractivity (Wildman–Crippen MR) is 119 cm³/mol. The lowest BCUT2D eigenvalue weighted by molar-refractivity contribution is -0.120. The molecule has 1 amide bonds. The highest BCUT2D eigenvalue weighted by molar-refractivity contribution is 8.01. The van der Waals surface area contributed by atoms with Crippen LogP contribution in [0.1, 0.15) is 43.9 Å². The lowest BCUT2D eigenvalue weighted by Crippen LogP contribution is -2.50. The Morgan fingerprint density at radius 3 is 2.79 bits per heavy atom. The van der Waals surface area contributed by atoms with Crippen LogP contribution in [-0.4, -0.2) is 42.0 Å². The van der Waals surface area contributed by atoms with Crippen LogP contribution in [-0.2, 0) is 14.8 Å². The fourth-order valence-corrected chi connectivity index (χ4v) is 7.07. The Labute approximate surface area is 181 Å². The molecule has 0 aliphatic carbocycles. The average Bonchev–Trinajstić information content (AvgIpc) is 3.08. The molecule has 3 rings (SSSR count). The van der Waals surface area contributed by atoms with Crippen molar-refractivity contribution in [2.24, 2.45) is 0 Å². The zero-order valence-corrected chi connectivity index (χ0v) is 19.4. The number of anilines is 1. The number of thiazole rings is 1. The first-order chi connectivity index (χ1) is 13.8. The van der Waals surface area contributed by atoms with Gasteiger partial charge in [-0.2, -0.15) is 4.31 Å². The number of piperidine rings is 1. The van der Waals surface area contributed by atoms with Crippen molar-refractivity contribution in [3.05, 3.63) is 34.8 Å². The van der Waals surface area contributed by atoms with E-state index in [0.29, 0.717) is 25.1 Å². The van der Waals surface area contributed by atoms with Crippen LogP contribution < -0.4 is 5.32 Å². The largest absolute Gasteiger partial charge is 0.324 e. The van der Waals surface area contributed by atoms with Gasteiger partial charge in [0.05, 0.1) is 5.75 Å². The molecule has 0 saturated carbocycles. The second-order valence-corrected chi connectivity index (χ2v) is 11.5. The van der Waals surface area contributed by atoms with Gasteiger partial charge in [-0.15, -0.1) is 11.3 Å². The number of nitrogens with zero attached hydrogens (tertiary/aromatic N) is 2. The van der Waals surface area contributed by atoms with Crippen LogP contribution in [0.2, 0.25) is 0 Å². The Morgan fingerprint density at radius 1 is 1.34 bits per heavy atom. The first-order valence-corrected chi connectivity index (χ1v) is 13.1. The Morgan fingerprint density at radius 2 is 2.14 bits per heavy atom. The van der Waals surface area contributed by atoms with Gasteiger partial charge < -0.3 is 5.32 Å². The van der Waals surface area contributed by atoms with Gasteiger partial charge in [-0.3, -0.25) is 4.79 Å². The first kappa shape index (κ1) is 22.3. The third-order valence-electron chi connectivity index (χ3n) is 4.83. The standard InChI is InChI=1S/C20H27N3O3S3/c1-4-11-29(25,26)23-10-6-5-7-18(23)19(24)22-17-9-8-16(12-14(17)2)28-20-21-15(3)13-27-20/h8-9,12-13,18H,4-7,10-11H2,1-3H3,(H,22,24). The van der Waals surface area contributed by atoms with Crippen LogP contribution in [0.4, 0.5) is 5.69 Å². The number of hydrogen-bond donors (Lipinski definition) is 1. The number of amides is 1. The molecule has 0 spiro atoms. The predicted octanol–water partition coefficient (Wildman–Crippen LogP) is 4.44. The third-order valence-corrected chi connectivity index (χ3v) is 8.96. The molecule has 1 fully saturated rings. The highest BCUT2D eigenvalue weighted by atomic mass is 32.2. The molecule has 1 unspecified atom stereocenters. The van der Waals surface area contributed by atoms with Gasteiger partial charge in [-0.05, 0) is 56.9 Å². The molecule has 6 nitrogen and oxygen atoms in total. The maximum absolute atomic E-state index is 12.9. The lowest BCUT2D eigenvalue weighted by Gasteiger charge is -2.33. The number of aromatic nitrogens is 1. The summed E-state index contributed by atoms with van der Waals surface area (Å²) in [5.74, 6) is -0.166. The zero-order valence-electron chi connectivity index (χ0n) is 17.0. The molecule has 29 heavy (non-hydrogen) atoms. The van der Waals surface area contributed by atoms with E-state index in [2.05, 4.69) is 10.3 Å². The molecule has 0 radical (unpaired) electrons. The molecule has 1 saturated heterocycles. The third kappa shape index (κ3) is 5.59. The van der Waals surface area contributed by atoms with Gasteiger partial charge in [0.2, 0.25) is 15.9 Å². The first-order valence-electron chi connectivity index (χ1n) is 9.81. The molecule has 1 aliphatic heterocycles. The van der Waals surface area contributed by atoms with Crippen LogP contribution in [0.3, 0.4) is 0 Å². The van der Waals surface area contributed by atoms with Gasteiger partial charge in [0.15, 0.2) is 4.34 Å². The quantitative estimate of drug-likeness (QED) is 0.670. The van der Waals surface area contributed by atoms with Crippen LogP contribution in [0, 0.1) is 13.8 Å². The van der Waals surface area contributed by atoms with Crippen molar-refractivity contribution < 1.29 is 13.2 Å². The van der Waals surface area contributed by atoms with E-state index >= 15 is 0 Å². The molecular weight excluding hydrogens is 426 g/mol. The Kier molecular flexibility index (Phi) is 7.37. The summed E-state index contributed by atoms with van der Waals surface area (Å²) < 4.78 is 27.5. The second kappa shape index (κ2) is 9.59. The second-order valence-electron chi connectivity index (χ2n) is 7.26. The minimum atomic E-state index is -3.41. The van der Waals surface area contributed by atoms with Crippen molar-refractivity contribution in [2.75, 3.05) is 17.6 Å². The number of sulfonamides is 1. The molecule has 1 aromatic carbocycles. The number of carbonyl (C=O) groups is 1. The van der Waals surface area contributed by atoms with E-state index in [1.165, 1.54) is 4.31 Å². The fourth-order valence-electron chi connectivity index (χ4n) is 3.41. The van der Waals surface area contributed by atoms with Crippen LogP contribution in [0.15, 0.2) is 32.8 Å². The van der Waals surface area contributed by atoms with Crippen molar-refractivity contribution in [1.82, 2.24) is 9.29 Å². The normalized spacial score (nSPS) is 18.0. The summed E-state index contributed by atoms with van der Waals surface area (Å²) in [5, 5.41) is 4.97. The SMILES string of the molecule is CCCS(=O)(=O)N1CCCCC1C(=O)Nc1ccc(Sc2nc(C)cs2)cc1C. The maximum Gasteiger partial charge on any atom is 0.242 e. The number of rotatable bonds is 7. The zero-order chi connectivity index (χ0) is 21.0. The molecule has 1 aliphatic rings. The van der Waals surface area contributed by atoms with Gasteiger partial charge in [-0.1, -0.05) is 25.1 Å². The molecule has 9 heteroatoms. The van der Waals surface area contributed by atoms with E-state index in [4.69, 9.17) is 0 Å². The van der Waals surface area contributed by atoms with Crippen molar-refractivity contribution >= 4 is 44.7 Å². The lowest BCUT2D eigenvalue weighted by atomic mass is 10.0. The molecule has 1 N–H and O–H groups in total. The van der Waals surface area contributed by atoms with E-state index < -0.39 is 16.1 Å². The van der Waals surface area contributed by atoms with Gasteiger partial charge in [0.1, 0.15) is 6.04 Å². The number of benzene rings is 1. The minimum Gasteiger partial charge on any atom is -0.324 e. The van der Waals surface area contributed by atoms with E-state index in [1.54, 1.807) is 23.1 Å². The molecule has 2 heterocycles. The fraction of sp³-hybridized carbons (Fsp3) is 0.500. The van der Waals surface area contributed by atoms with Gasteiger partial charge in [-0.25, -0.2) is 13.4 Å². The molecule has 2 aromatic rings. The monoisotopic (exact) mass is 453 g/mol. The number of nitrogens with one attached hydrogen (secondary N) is 1. The number of hydrogen-bond acceptors (Lipinski definition) is 6. The molecule has 0 bridgehead atoms. The Balaban J connectivity index is 1.72. The van der Waals surface area contributed by atoms with Gasteiger partial charge >= 0.3 is 0 Å². The smallest absolute Gasteiger partial charge is 0.242 e. The van der Waals surface area contributed by atoms with E-state index in [0.717, 1.165) is 33.3 Å². The van der Waals surface area contributed by atoms with Crippen molar-refractivity contribution in [3.8, 4) is 0 Å². The Bertz CT molecular complexity index is 972. The number of carbonyl (C=O) groups excluding carboxylic acids is 1. The number of aryl methyl sites for hydroxylation is 2. The molecule has 158 valence electrons. The maximum atomic E-state index is 12.9. The van der Waals surface area contributed by atoms with Gasteiger partial charge in [0, 0.05) is 28.2 Å². The molecule has 1 aromatic heterocycles. The van der Waals surface area contributed by atoms with Crippen LogP contribution in [0.5, 0.6) is 0 Å². The minimum absolute atomic E-state index is 0.0813. The highest BCUT2D eigenvalue weighted by Gasteiger charge is 2.36. The molecular formula is C20H27N3O3S3. The highest BCUT2D eigenvalue weighted by Crippen LogP contribution is 2.32. The average molecular weight is 454 g/mol. The summed E-state index contributed by atoms with van der Waals surface area (Å²) in [6.45, 7) is 6.17. The van der Waals surface area contributed by atoms with E-state index in [1.807, 2.05) is 44.4 Å². The van der Waals surface area contributed by atoms with Crippen LogP contribution >= 0.6 is 23.1 Å². The summed E-state index contributed by atoms with van der Waals surface area (Å²) in [6.07, 6.45) is 2.76. The summed E-state index contributed by atoms with van der Waals surface area (Å²) in [6, 6.07) is 5.22. The van der Waals surface area contributed by atoms with Crippen molar-refractivity contribution in [1.29, 1.82) is 0 Å². The van der Waals surface area contributed by atoms with Crippen molar-refractivity contribution in [3.63, 3.8) is 0 Å². The summed E-state index contributed by atoms with van der Waals surface area (Å²) >= 11 is 3.20. The van der Waals surface area contributed by atoms with E-state index in [9.17, 15) is 13.2 Å². The summed E-state index contributed by atoms with van der Waals surface area (Å²) in [5.41, 5.74) is 2.66. The summed E-state index contributed by atoms with van der Waals surface area (Å²) in [4.78, 5) is 18.4. The topological polar surface area (TPSA) is 79.4 Å². The van der Waals surface area contributed by atoms with Gasteiger partial charge in [0.25, 0.3) is 0 Å². The summed E-state index contributed by atoms with van der Waals surface area (Å²) in [7, 11) is -3.41. The molecule has 1 atom stereocenters. The van der Waals surface area contributed by atoms with Crippen LogP contribution in [0.25, 0.3) is 0 Å².